The van der Waals surface area contributed by atoms with E-state index < -0.39 is 0 Å². The van der Waals surface area contributed by atoms with Gasteiger partial charge in [-0.1, -0.05) is 12.8 Å². The number of carbonyl (C=O) groups is 1. The van der Waals surface area contributed by atoms with Gasteiger partial charge < -0.3 is 20.5 Å². The molecule has 0 spiro atoms. The van der Waals surface area contributed by atoms with Gasteiger partial charge in [0.25, 0.3) is 5.91 Å². The number of hydrogen-bond acceptors (Lipinski definition) is 6. The molecule has 35 heavy (non-hydrogen) atoms. The molecule has 0 atom stereocenters. The highest BCUT2D eigenvalue weighted by Crippen LogP contribution is 2.33. The van der Waals surface area contributed by atoms with Crippen LogP contribution in [0, 0.1) is 5.82 Å². The molecule has 0 bridgehead atoms. The fraction of sp³-hybridized carbons (Fsp3) is 0.308. The normalized spacial score (nSPS) is 13.8. The molecule has 180 valence electrons. The Morgan fingerprint density at radius 3 is 2.60 bits per heavy atom. The van der Waals surface area contributed by atoms with Crippen molar-refractivity contribution >= 4 is 34.1 Å². The van der Waals surface area contributed by atoms with Gasteiger partial charge in [-0.25, -0.2) is 19.3 Å². The Bertz CT molecular complexity index is 1340. The maximum Gasteiger partial charge on any atom is 0.272 e. The second-order valence-electron chi connectivity index (χ2n) is 9.12. The summed E-state index contributed by atoms with van der Waals surface area (Å²) in [6.07, 6.45) is 5.90. The minimum atomic E-state index is -0.386. The van der Waals surface area contributed by atoms with E-state index in [1.54, 1.807) is 0 Å². The predicted octanol–water partition coefficient (Wildman–Crippen LogP) is 4.89. The van der Waals surface area contributed by atoms with Crippen molar-refractivity contribution in [2.75, 3.05) is 24.3 Å². The van der Waals surface area contributed by atoms with Crippen molar-refractivity contribution in [3.63, 3.8) is 0 Å². The lowest BCUT2D eigenvalue weighted by Gasteiger charge is -2.14. The van der Waals surface area contributed by atoms with Crippen molar-refractivity contribution in [2.45, 2.75) is 38.1 Å². The molecule has 1 saturated carbocycles. The van der Waals surface area contributed by atoms with Gasteiger partial charge in [0.1, 0.15) is 23.5 Å². The Morgan fingerprint density at radius 2 is 1.86 bits per heavy atom. The number of H-pyrrole nitrogens is 1. The van der Waals surface area contributed by atoms with Gasteiger partial charge in [0.15, 0.2) is 11.3 Å². The summed E-state index contributed by atoms with van der Waals surface area (Å²) in [6, 6.07) is 12.5. The van der Waals surface area contributed by atoms with Crippen LogP contribution in [-0.2, 0) is 6.54 Å². The van der Waals surface area contributed by atoms with E-state index in [-0.39, 0.29) is 24.0 Å². The van der Waals surface area contributed by atoms with Gasteiger partial charge in [0, 0.05) is 43.6 Å². The summed E-state index contributed by atoms with van der Waals surface area (Å²) in [5, 5.41) is 6.07. The van der Waals surface area contributed by atoms with Gasteiger partial charge in [-0.2, -0.15) is 0 Å². The number of hydrogen-bond donors (Lipinski definition) is 3. The molecule has 4 aromatic rings. The van der Waals surface area contributed by atoms with Crippen LogP contribution in [0.25, 0.3) is 11.2 Å². The van der Waals surface area contributed by atoms with E-state index in [0.717, 1.165) is 30.0 Å². The maximum absolute atomic E-state index is 14.3. The van der Waals surface area contributed by atoms with Gasteiger partial charge in [0.05, 0.1) is 0 Å². The SMILES string of the molecule is CN(C)c1ccc(Nc2cc(F)cc(CNC(=O)c3ncnc4nc(C5CCCC5)[nH]c34)c2)cc1. The maximum atomic E-state index is 14.3. The highest BCUT2D eigenvalue weighted by atomic mass is 19.1. The Labute approximate surface area is 203 Å². The minimum absolute atomic E-state index is 0.153. The number of rotatable bonds is 7. The number of anilines is 3. The predicted molar refractivity (Wildman–Crippen MR) is 135 cm³/mol. The van der Waals surface area contributed by atoms with Gasteiger partial charge >= 0.3 is 0 Å². The molecule has 1 amide bonds. The number of carbonyl (C=O) groups excluding carboxylic acids is 1. The Morgan fingerprint density at radius 1 is 1.09 bits per heavy atom. The number of aromatic amines is 1. The standard InChI is InChI=1S/C26H28FN7O/c1-34(2)21-9-7-19(8-10-21)31-20-12-16(11-18(27)13-20)14-28-26(35)23-22-25(30-15-29-23)33-24(32-22)17-5-3-4-6-17/h7-13,15,17,31H,3-6,14H2,1-2H3,(H,28,35)(H,29,30,32,33). The third-order valence-electron chi connectivity index (χ3n) is 6.35. The highest BCUT2D eigenvalue weighted by Gasteiger charge is 2.23. The number of halogens is 1. The van der Waals surface area contributed by atoms with E-state index in [0.29, 0.717) is 28.3 Å². The van der Waals surface area contributed by atoms with Crippen LogP contribution in [0.15, 0.2) is 48.8 Å². The molecule has 5 rings (SSSR count). The van der Waals surface area contributed by atoms with Gasteiger partial charge in [-0.05, 0) is 60.9 Å². The Hall–Kier alpha value is -4.01. The molecule has 1 aliphatic rings. The van der Waals surface area contributed by atoms with Crippen LogP contribution >= 0.6 is 0 Å². The van der Waals surface area contributed by atoms with Crippen molar-refractivity contribution in [2.24, 2.45) is 0 Å². The number of imidazole rings is 1. The Kier molecular flexibility index (Phi) is 6.31. The van der Waals surface area contributed by atoms with Crippen LogP contribution in [0.3, 0.4) is 0 Å². The Balaban J connectivity index is 1.29. The monoisotopic (exact) mass is 473 g/mol. The molecule has 2 heterocycles. The van der Waals surface area contributed by atoms with Crippen molar-refractivity contribution < 1.29 is 9.18 Å². The second-order valence-corrected chi connectivity index (χ2v) is 9.12. The van der Waals surface area contributed by atoms with E-state index in [4.69, 9.17) is 0 Å². The molecule has 9 heteroatoms. The first-order valence-electron chi connectivity index (χ1n) is 11.8. The van der Waals surface area contributed by atoms with Crippen LogP contribution in [-0.4, -0.2) is 39.9 Å². The second kappa shape index (κ2) is 9.69. The van der Waals surface area contributed by atoms with E-state index in [9.17, 15) is 9.18 Å². The van der Waals surface area contributed by atoms with Crippen molar-refractivity contribution in [3.8, 4) is 0 Å². The number of amides is 1. The summed E-state index contributed by atoms with van der Waals surface area (Å²) in [7, 11) is 3.95. The summed E-state index contributed by atoms with van der Waals surface area (Å²) in [6.45, 7) is 0.153. The summed E-state index contributed by atoms with van der Waals surface area (Å²) in [5.41, 5.74) is 4.42. The molecule has 3 N–H and O–H groups in total. The fourth-order valence-corrected chi connectivity index (χ4v) is 4.51. The molecule has 1 fully saturated rings. The first-order valence-corrected chi connectivity index (χ1v) is 11.8. The number of aromatic nitrogens is 4. The summed E-state index contributed by atoms with van der Waals surface area (Å²) >= 11 is 0. The molecule has 0 saturated heterocycles. The smallest absolute Gasteiger partial charge is 0.272 e. The van der Waals surface area contributed by atoms with Crippen molar-refractivity contribution in [1.82, 2.24) is 25.3 Å². The molecule has 2 aromatic carbocycles. The minimum Gasteiger partial charge on any atom is -0.378 e. The van der Waals surface area contributed by atoms with E-state index in [2.05, 4.69) is 30.6 Å². The van der Waals surface area contributed by atoms with Crippen molar-refractivity contribution in [3.05, 3.63) is 71.7 Å². The number of nitrogens with one attached hydrogen (secondary N) is 3. The quantitative estimate of drug-likeness (QED) is 0.354. The molecule has 1 aliphatic carbocycles. The average molecular weight is 474 g/mol. The van der Waals surface area contributed by atoms with Crippen LogP contribution < -0.4 is 15.5 Å². The third kappa shape index (κ3) is 5.08. The number of fused-ring (bicyclic) bond motifs is 1. The lowest BCUT2D eigenvalue weighted by Crippen LogP contribution is -2.24. The van der Waals surface area contributed by atoms with Crippen molar-refractivity contribution in [1.29, 1.82) is 0 Å². The number of benzene rings is 2. The first-order chi connectivity index (χ1) is 17.0. The molecule has 8 nitrogen and oxygen atoms in total. The van der Waals surface area contributed by atoms with Gasteiger partial charge in [0.2, 0.25) is 0 Å². The van der Waals surface area contributed by atoms with Crippen LogP contribution in [0.5, 0.6) is 0 Å². The average Bonchev–Trinajstić information content (AvgIpc) is 3.52. The highest BCUT2D eigenvalue weighted by molar-refractivity contribution is 6.02. The van der Waals surface area contributed by atoms with Gasteiger partial charge in [-0.15, -0.1) is 0 Å². The van der Waals surface area contributed by atoms with Crippen LogP contribution in [0.2, 0.25) is 0 Å². The lowest BCUT2D eigenvalue weighted by atomic mass is 10.1. The van der Waals surface area contributed by atoms with E-state index in [1.807, 2.05) is 49.3 Å². The largest absolute Gasteiger partial charge is 0.378 e. The van der Waals surface area contributed by atoms with Crippen LogP contribution in [0.1, 0.15) is 53.5 Å². The molecular formula is C26H28FN7O. The number of nitrogens with zero attached hydrogens (tertiary/aromatic N) is 4. The van der Waals surface area contributed by atoms with E-state index >= 15 is 0 Å². The summed E-state index contributed by atoms with van der Waals surface area (Å²) < 4.78 is 14.3. The van der Waals surface area contributed by atoms with Gasteiger partial charge in [-0.3, -0.25) is 4.79 Å². The van der Waals surface area contributed by atoms with Crippen LogP contribution in [0.4, 0.5) is 21.5 Å². The molecule has 0 aliphatic heterocycles. The van der Waals surface area contributed by atoms with E-state index in [1.165, 1.54) is 31.3 Å². The molecule has 2 aromatic heterocycles. The summed E-state index contributed by atoms with van der Waals surface area (Å²) in [4.78, 5) is 31.2. The lowest BCUT2D eigenvalue weighted by molar-refractivity contribution is 0.0947. The molecule has 0 unspecified atom stereocenters. The topological polar surface area (TPSA) is 98.8 Å². The third-order valence-corrected chi connectivity index (χ3v) is 6.35. The summed E-state index contributed by atoms with van der Waals surface area (Å²) in [5.74, 6) is 0.490. The first kappa shape index (κ1) is 22.8. The molecule has 0 radical (unpaired) electrons. The molecular weight excluding hydrogens is 445 g/mol. The zero-order chi connectivity index (χ0) is 24.4. The zero-order valence-corrected chi connectivity index (χ0v) is 19.8. The fourth-order valence-electron chi connectivity index (χ4n) is 4.51. The zero-order valence-electron chi connectivity index (χ0n) is 19.8.